The first-order valence-electron chi connectivity index (χ1n) is 6.47. The maximum atomic E-state index is 5.27. The first-order chi connectivity index (χ1) is 9.56. The molecule has 5 heteroatoms. The van der Waals surface area contributed by atoms with E-state index in [-0.39, 0.29) is 0 Å². The van der Waals surface area contributed by atoms with E-state index in [9.17, 15) is 0 Å². The molecule has 0 aliphatic rings. The molecule has 20 heavy (non-hydrogen) atoms. The minimum Gasteiger partial charge on any atom is -0.497 e. The molecule has 0 aliphatic carbocycles. The molecule has 1 aromatic heterocycles. The number of hydrogen-bond acceptors (Lipinski definition) is 5. The van der Waals surface area contributed by atoms with Gasteiger partial charge in [0.15, 0.2) is 0 Å². The molecule has 0 aliphatic heterocycles. The Bertz CT molecular complexity index is 613. The van der Waals surface area contributed by atoms with Crippen LogP contribution in [0.2, 0.25) is 0 Å². The predicted octanol–water partition coefficient (Wildman–Crippen LogP) is 2.91. The van der Waals surface area contributed by atoms with Crippen LogP contribution in [0.25, 0.3) is 0 Å². The minimum atomic E-state index is 0.740. The summed E-state index contributed by atoms with van der Waals surface area (Å²) in [5, 5.41) is 3.10. The third kappa shape index (κ3) is 2.66. The summed E-state index contributed by atoms with van der Waals surface area (Å²) < 4.78 is 5.27. The van der Waals surface area contributed by atoms with E-state index >= 15 is 0 Å². The van der Waals surface area contributed by atoms with E-state index in [0.717, 1.165) is 34.5 Å². The number of nitrogens with one attached hydrogen (secondary N) is 1. The molecule has 0 fully saturated rings. The summed E-state index contributed by atoms with van der Waals surface area (Å²) in [5.74, 6) is 3.30. The summed E-state index contributed by atoms with van der Waals surface area (Å²) in [6.07, 6.45) is 0. The zero-order valence-electron chi connectivity index (χ0n) is 12.6. The smallest absolute Gasteiger partial charge is 0.141 e. The van der Waals surface area contributed by atoms with Crippen molar-refractivity contribution in [3.63, 3.8) is 0 Å². The molecule has 1 heterocycles. The van der Waals surface area contributed by atoms with Gasteiger partial charge in [-0.15, -0.1) is 0 Å². The largest absolute Gasteiger partial charge is 0.497 e. The van der Waals surface area contributed by atoms with E-state index in [0.29, 0.717) is 0 Å². The first-order valence-corrected chi connectivity index (χ1v) is 6.47. The SMILES string of the molecule is CNc1nc(C)nc(N(C)c2cccc(OC)c2)c1C. The van der Waals surface area contributed by atoms with Crippen molar-refractivity contribution in [3.05, 3.63) is 35.7 Å². The average Bonchev–Trinajstić information content (AvgIpc) is 2.48. The lowest BCUT2D eigenvalue weighted by Crippen LogP contribution is -2.15. The number of anilines is 3. The van der Waals surface area contributed by atoms with Crippen LogP contribution in [-0.4, -0.2) is 31.2 Å². The number of hydrogen-bond donors (Lipinski definition) is 1. The molecular weight excluding hydrogens is 252 g/mol. The van der Waals surface area contributed by atoms with Gasteiger partial charge in [0.05, 0.1) is 7.11 Å². The van der Waals surface area contributed by atoms with Gasteiger partial charge in [0.1, 0.15) is 23.2 Å². The van der Waals surface area contributed by atoms with Crippen LogP contribution < -0.4 is 15.0 Å². The van der Waals surface area contributed by atoms with Crippen LogP contribution in [0, 0.1) is 13.8 Å². The molecule has 2 rings (SSSR count). The minimum absolute atomic E-state index is 0.740. The van der Waals surface area contributed by atoms with Crippen LogP contribution in [0.3, 0.4) is 0 Å². The first kappa shape index (κ1) is 14.1. The monoisotopic (exact) mass is 272 g/mol. The van der Waals surface area contributed by atoms with Crippen molar-refractivity contribution in [2.75, 3.05) is 31.4 Å². The van der Waals surface area contributed by atoms with Crippen molar-refractivity contribution in [2.24, 2.45) is 0 Å². The maximum absolute atomic E-state index is 5.27. The highest BCUT2D eigenvalue weighted by Crippen LogP contribution is 2.30. The summed E-state index contributed by atoms with van der Waals surface area (Å²) in [5.41, 5.74) is 2.04. The quantitative estimate of drug-likeness (QED) is 0.927. The van der Waals surface area contributed by atoms with E-state index in [1.54, 1.807) is 7.11 Å². The lowest BCUT2D eigenvalue weighted by atomic mass is 10.2. The highest BCUT2D eigenvalue weighted by Gasteiger charge is 2.14. The van der Waals surface area contributed by atoms with Gasteiger partial charge in [-0.25, -0.2) is 9.97 Å². The van der Waals surface area contributed by atoms with Gasteiger partial charge in [-0.05, 0) is 26.0 Å². The van der Waals surface area contributed by atoms with Crippen LogP contribution >= 0.6 is 0 Å². The molecule has 0 radical (unpaired) electrons. The zero-order valence-corrected chi connectivity index (χ0v) is 12.6. The predicted molar refractivity (Wildman–Crippen MR) is 82.1 cm³/mol. The van der Waals surface area contributed by atoms with Gasteiger partial charge in [-0.3, -0.25) is 0 Å². The molecule has 0 unspecified atom stereocenters. The second-order valence-electron chi connectivity index (χ2n) is 4.58. The summed E-state index contributed by atoms with van der Waals surface area (Å²) in [4.78, 5) is 11.0. The third-order valence-electron chi connectivity index (χ3n) is 3.23. The number of methoxy groups -OCH3 is 1. The van der Waals surface area contributed by atoms with Crippen LogP contribution in [0.1, 0.15) is 11.4 Å². The van der Waals surface area contributed by atoms with E-state index in [2.05, 4.69) is 15.3 Å². The second-order valence-corrected chi connectivity index (χ2v) is 4.58. The molecule has 0 saturated carbocycles. The third-order valence-corrected chi connectivity index (χ3v) is 3.23. The van der Waals surface area contributed by atoms with Crippen molar-refractivity contribution in [2.45, 2.75) is 13.8 Å². The van der Waals surface area contributed by atoms with Crippen LogP contribution in [0.15, 0.2) is 24.3 Å². The number of nitrogens with zero attached hydrogens (tertiary/aromatic N) is 3. The van der Waals surface area contributed by atoms with Crippen LogP contribution in [0.5, 0.6) is 5.75 Å². The summed E-state index contributed by atoms with van der Waals surface area (Å²) in [6, 6.07) is 7.90. The fraction of sp³-hybridized carbons (Fsp3) is 0.333. The van der Waals surface area contributed by atoms with Crippen LogP contribution in [-0.2, 0) is 0 Å². The van der Waals surface area contributed by atoms with Crippen molar-refractivity contribution < 1.29 is 4.74 Å². The summed E-state index contributed by atoms with van der Waals surface area (Å²) in [7, 11) is 5.52. The average molecular weight is 272 g/mol. The Labute approximate surface area is 119 Å². The van der Waals surface area contributed by atoms with Crippen molar-refractivity contribution >= 4 is 17.3 Å². The molecule has 0 amide bonds. The van der Waals surface area contributed by atoms with Crippen molar-refractivity contribution in [1.82, 2.24) is 9.97 Å². The number of ether oxygens (including phenoxy) is 1. The number of rotatable bonds is 4. The number of aryl methyl sites for hydroxylation is 1. The molecule has 0 spiro atoms. The Balaban J connectivity index is 2.47. The summed E-state index contributed by atoms with van der Waals surface area (Å²) >= 11 is 0. The topological polar surface area (TPSA) is 50.3 Å². The Morgan fingerprint density at radius 2 is 1.95 bits per heavy atom. The van der Waals surface area contributed by atoms with Crippen molar-refractivity contribution in [3.8, 4) is 5.75 Å². The Kier molecular flexibility index (Phi) is 4.08. The van der Waals surface area contributed by atoms with Gasteiger partial charge in [-0.2, -0.15) is 0 Å². The molecule has 1 aromatic carbocycles. The molecule has 2 aromatic rings. The van der Waals surface area contributed by atoms with E-state index < -0.39 is 0 Å². The highest BCUT2D eigenvalue weighted by molar-refractivity contribution is 5.67. The van der Waals surface area contributed by atoms with E-state index in [4.69, 9.17) is 4.74 Å². The molecule has 0 saturated heterocycles. The molecule has 1 N–H and O–H groups in total. The van der Waals surface area contributed by atoms with Gasteiger partial charge >= 0.3 is 0 Å². The molecule has 106 valence electrons. The van der Waals surface area contributed by atoms with Gasteiger partial charge < -0.3 is 15.0 Å². The Morgan fingerprint density at radius 3 is 2.60 bits per heavy atom. The van der Waals surface area contributed by atoms with Gasteiger partial charge in [0.2, 0.25) is 0 Å². The molecular formula is C15H20N4O. The zero-order chi connectivity index (χ0) is 14.7. The van der Waals surface area contributed by atoms with E-state index in [1.165, 1.54) is 0 Å². The normalized spacial score (nSPS) is 10.2. The van der Waals surface area contributed by atoms with Crippen molar-refractivity contribution in [1.29, 1.82) is 0 Å². The second kappa shape index (κ2) is 5.77. The van der Waals surface area contributed by atoms with Crippen LogP contribution in [0.4, 0.5) is 17.3 Å². The van der Waals surface area contributed by atoms with E-state index in [1.807, 2.05) is 57.1 Å². The van der Waals surface area contributed by atoms with Gasteiger partial charge in [0.25, 0.3) is 0 Å². The lowest BCUT2D eigenvalue weighted by Gasteiger charge is -2.22. The molecule has 0 bridgehead atoms. The Hall–Kier alpha value is -2.30. The number of aromatic nitrogens is 2. The fourth-order valence-electron chi connectivity index (χ4n) is 2.13. The molecule has 5 nitrogen and oxygen atoms in total. The number of benzene rings is 1. The standard InChI is InChI=1S/C15H20N4O/c1-10-14(16-3)17-11(2)18-15(10)19(4)12-7-6-8-13(9-12)20-5/h6-9H,1-5H3,(H,16,17,18). The maximum Gasteiger partial charge on any atom is 0.141 e. The summed E-state index contributed by atoms with van der Waals surface area (Å²) in [6.45, 7) is 3.90. The fourth-order valence-corrected chi connectivity index (χ4v) is 2.13. The lowest BCUT2D eigenvalue weighted by molar-refractivity contribution is 0.415. The Morgan fingerprint density at radius 1 is 1.20 bits per heavy atom. The molecule has 0 atom stereocenters. The van der Waals surface area contributed by atoms with Gasteiger partial charge in [-0.1, -0.05) is 6.07 Å². The van der Waals surface area contributed by atoms with Gasteiger partial charge in [0, 0.05) is 31.4 Å². The highest BCUT2D eigenvalue weighted by atomic mass is 16.5.